The summed E-state index contributed by atoms with van der Waals surface area (Å²) >= 11 is 0. The Kier molecular flexibility index (Phi) is 4.74. The van der Waals surface area contributed by atoms with Crippen molar-refractivity contribution in [1.82, 2.24) is 4.98 Å². The van der Waals surface area contributed by atoms with Gasteiger partial charge in [0.15, 0.2) is 0 Å². The molecule has 0 aliphatic carbocycles. The monoisotopic (exact) mass is 221 g/mol. The molecule has 1 atom stereocenters. The minimum absolute atomic E-state index is 0.0597. The van der Waals surface area contributed by atoms with Crippen LogP contribution in [0.3, 0.4) is 0 Å². The zero-order chi connectivity index (χ0) is 12.1. The molecule has 0 saturated carbocycles. The van der Waals surface area contributed by atoms with Crippen LogP contribution >= 0.6 is 0 Å². The predicted octanol–water partition coefficient (Wildman–Crippen LogP) is 2.58. The van der Waals surface area contributed by atoms with Gasteiger partial charge in [0.2, 0.25) is 0 Å². The maximum absolute atomic E-state index is 5.93. The van der Waals surface area contributed by atoms with E-state index in [2.05, 4.69) is 43.8 Å². The molecule has 0 spiro atoms. The van der Waals surface area contributed by atoms with Crippen LogP contribution in [0.1, 0.15) is 38.9 Å². The Morgan fingerprint density at radius 2 is 2.06 bits per heavy atom. The molecule has 0 radical (unpaired) electrons. The second kappa shape index (κ2) is 5.85. The Hall–Kier alpha value is -1.09. The van der Waals surface area contributed by atoms with Crippen molar-refractivity contribution in [2.24, 2.45) is 11.7 Å². The van der Waals surface area contributed by atoms with Crippen molar-refractivity contribution in [3.05, 3.63) is 24.0 Å². The summed E-state index contributed by atoms with van der Waals surface area (Å²) in [6, 6.07) is 4.19. The van der Waals surface area contributed by atoms with Gasteiger partial charge in [-0.2, -0.15) is 0 Å². The van der Waals surface area contributed by atoms with E-state index in [1.165, 1.54) is 0 Å². The maximum Gasteiger partial charge on any atom is 0.0572 e. The minimum atomic E-state index is 0.0597. The van der Waals surface area contributed by atoms with Crippen LogP contribution in [0.25, 0.3) is 0 Å². The number of rotatable bonds is 5. The lowest BCUT2D eigenvalue weighted by atomic mass is 10.1. The lowest BCUT2D eigenvalue weighted by molar-refractivity contribution is 0.636. The van der Waals surface area contributed by atoms with Gasteiger partial charge in [-0.05, 0) is 24.5 Å². The highest BCUT2D eigenvalue weighted by Gasteiger charge is 2.07. The second-order valence-corrected chi connectivity index (χ2v) is 4.73. The summed E-state index contributed by atoms with van der Waals surface area (Å²) in [6.07, 6.45) is 2.83. The molecule has 0 bridgehead atoms. The van der Waals surface area contributed by atoms with E-state index in [4.69, 9.17) is 5.73 Å². The summed E-state index contributed by atoms with van der Waals surface area (Å²) in [5.74, 6) is 0.655. The topological polar surface area (TPSA) is 42.1 Å². The first kappa shape index (κ1) is 13.0. The lowest BCUT2D eigenvalue weighted by Crippen LogP contribution is -2.22. The van der Waals surface area contributed by atoms with E-state index in [0.717, 1.165) is 24.3 Å². The lowest BCUT2D eigenvalue weighted by Gasteiger charge is -2.21. The summed E-state index contributed by atoms with van der Waals surface area (Å²) in [5.41, 5.74) is 8.05. The highest BCUT2D eigenvalue weighted by atomic mass is 15.1. The number of nitrogens with zero attached hydrogens (tertiary/aromatic N) is 2. The van der Waals surface area contributed by atoms with Gasteiger partial charge in [-0.25, -0.2) is 0 Å². The van der Waals surface area contributed by atoms with E-state index in [-0.39, 0.29) is 6.04 Å². The minimum Gasteiger partial charge on any atom is -0.373 e. The molecule has 0 saturated heterocycles. The second-order valence-electron chi connectivity index (χ2n) is 4.73. The van der Waals surface area contributed by atoms with Gasteiger partial charge in [0.05, 0.1) is 17.6 Å². The first-order valence-corrected chi connectivity index (χ1v) is 5.97. The summed E-state index contributed by atoms with van der Waals surface area (Å²) < 4.78 is 0. The van der Waals surface area contributed by atoms with E-state index in [1.54, 1.807) is 0 Å². The first-order chi connectivity index (χ1) is 7.54. The van der Waals surface area contributed by atoms with Crippen LogP contribution in [0.5, 0.6) is 0 Å². The van der Waals surface area contributed by atoms with Gasteiger partial charge in [0.25, 0.3) is 0 Å². The average Bonchev–Trinajstić information content (AvgIpc) is 2.27. The number of hydrogen-bond acceptors (Lipinski definition) is 3. The number of aromatic nitrogens is 1. The van der Waals surface area contributed by atoms with E-state index >= 15 is 0 Å². The van der Waals surface area contributed by atoms with Crippen LogP contribution in [-0.4, -0.2) is 18.6 Å². The third-order valence-corrected chi connectivity index (χ3v) is 2.67. The zero-order valence-electron chi connectivity index (χ0n) is 10.8. The van der Waals surface area contributed by atoms with E-state index < -0.39 is 0 Å². The van der Waals surface area contributed by atoms with Crippen molar-refractivity contribution in [2.75, 3.05) is 18.5 Å². The molecule has 0 fully saturated rings. The number of pyridine rings is 1. The standard InChI is InChI=1S/C13H23N3/c1-5-12(14)13-7-6-11(8-15-13)16(4)9-10(2)3/h6-8,10,12H,5,9,14H2,1-4H3. The molecule has 16 heavy (non-hydrogen) atoms. The van der Waals surface area contributed by atoms with Gasteiger partial charge in [0.1, 0.15) is 0 Å². The third-order valence-electron chi connectivity index (χ3n) is 2.67. The number of anilines is 1. The van der Waals surface area contributed by atoms with Gasteiger partial charge in [-0.3, -0.25) is 4.98 Å². The largest absolute Gasteiger partial charge is 0.373 e. The summed E-state index contributed by atoms with van der Waals surface area (Å²) in [7, 11) is 2.09. The molecule has 0 amide bonds. The smallest absolute Gasteiger partial charge is 0.0572 e. The van der Waals surface area contributed by atoms with Crippen LogP contribution in [0, 0.1) is 5.92 Å². The number of hydrogen-bond donors (Lipinski definition) is 1. The molecule has 1 unspecified atom stereocenters. The molecule has 0 aromatic carbocycles. The van der Waals surface area contributed by atoms with E-state index in [0.29, 0.717) is 5.92 Å². The normalized spacial score (nSPS) is 12.9. The van der Waals surface area contributed by atoms with Gasteiger partial charge < -0.3 is 10.6 Å². The van der Waals surface area contributed by atoms with Crippen LogP contribution in [0.4, 0.5) is 5.69 Å². The highest BCUT2D eigenvalue weighted by Crippen LogP contribution is 2.16. The Bertz CT molecular complexity index is 305. The Morgan fingerprint density at radius 1 is 1.38 bits per heavy atom. The highest BCUT2D eigenvalue weighted by molar-refractivity contribution is 5.43. The van der Waals surface area contributed by atoms with Crippen LogP contribution in [0.15, 0.2) is 18.3 Å². The van der Waals surface area contributed by atoms with Gasteiger partial charge in [-0.1, -0.05) is 20.8 Å². The molecule has 3 heteroatoms. The average molecular weight is 221 g/mol. The zero-order valence-corrected chi connectivity index (χ0v) is 10.8. The molecular weight excluding hydrogens is 198 g/mol. The molecule has 1 rings (SSSR count). The van der Waals surface area contributed by atoms with Crippen LogP contribution in [-0.2, 0) is 0 Å². The third kappa shape index (κ3) is 3.49. The van der Waals surface area contributed by atoms with Crippen molar-refractivity contribution < 1.29 is 0 Å². The van der Waals surface area contributed by atoms with Gasteiger partial charge in [0, 0.05) is 19.6 Å². The molecule has 3 nitrogen and oxygen atoms in total. The fourth-order valence-electron chi connectivity index (χ4n) is 1.70. The van der Waals surface area contributed by atoms with Crippen LogP contribution < -0.4 is 10.6 Å². The van der Waals surface area contributed by atoms with E-state index in [9.17, 15) is 0 Å². The van der Waals surface area contributed by atoms with Crippen LogP contribution in [0.2, 0.25) is 0 Å². The maximum atomic E-state index is 5.93. The van der Waals surface area contributed by atoms with Crippen molar-refractivity contribution in [2.45, 2.75) is 33.2 Å². The Balaban J connectivity index is 2.70. The predicted molar refractivity (Wildman–Crippen MR) is 69.6 cm³/mol. The first-order valence-electron chi connectivity index (χ1n) is 5.97. The molecule has 1 heterocycles. The fraction of sp³-hybridized carbons (Fsp3) is 0.615. The van der Waals surface area contributed by atoms with Crippen molar-refractivity contribution in [3.63, 3.8) is 0 Å². The van der Waals surface area contributed by atoms with Crippen molar-refractivity contribution in [1.29, 1.82) is 0 Å². The fourth-order valence-corrected chi connectivity index (χ4v) is 1.70. The Morgan fingerprint density at radius 3 is 2.50 bits per heavy atom. The van der Waals surface area contributed by atoms with Crippen molar-refractivity contribution in [3.8, 4) is 0 Å². The molecule has 1 aromatic rings. The molecular formula is C13H23N3. The summed E-state index contributed by atoms with van der Waals surface area (Å²) in [6.45, 7) is 7.54. The SMILES string of the molecule is CCC(N)c1ccc(N(C)CC(C)C)cn1. The van der Waals surface area contributed by atoms with Gasteiger partial charge >= 0.3 is 0 Å². The molecule has 1 aromatic heterocycles. The Labute approximate surface area is 98.7 Å². The van der Waals surface area contributed by atoms with Gasteiger partial charge in [-0.15, -0.1) is 0 Å². The quantitative estimate of drug-likeness (QED) is 0.831. The molecule has 90 valence electrons. The molecule has 0 aliphatic heterocycles. The number of nitrogens with two attached hydrogens (primary N) is 1. The summed E-state index contributed by atoms with van der Waals surface area (Å²) in [5, 5.41) is 0. The molecule has 0 aliphatic rings. The van der Waals surface area contributed by atoms with E-state index in [1.807, 2.05) is 12.3 Å². The van der Waals surface area contributed by atoms with Crippen molar-refractivity contribution >= 4 is 5.69 Å². The summed E-state index contributed by atoms with van der Waals surface area (Å²) in [4.78, 5) is 6.63. The molecule has 2 N–H and O–H groups in total.